The average molecular weight is 443 g/mol. The largest absolute Gasteiger partial charge is 0.444 e. The van der Waals surface area contributed by atoms with Crippen molar-refractivity contribution in [1.29, 1.82) is 0 Å². The third-order valence-corrected chi connectivity index (χ3v) is 10.4. The summed E-state index contributed by atoms with van der Waals surface area (Å²) in [6.07, 6.45) is -2.69. The van der Waals surface area contributed by atoms with E-state index in [2.05, 4.69) is 45.0 Å². The number of likely N-dealkylation sites (tertiary alicyclic amines) is 1. The van der Waals surface area contributed by atoms with E-state index in [-0.39, 0.29) is 11.6 Å². The second-order valence-electron chi connectivity index (χ2n) is 9.96. The Balaban J connectivity index is 2.04. The summed E-state index contributed by atoms with van der Waals surface area (Å²) in [5.41, 5.74) is -0.738. The third kappa shape index (κ3) is 5.21. The molecule has 3 unspecified atom stereocenters. The number of rotatable bonds is 5. The highest BCUT2D eigenvalue weighted by Crippen LogP contribution is 2.37. The van der Waals surface area contributed by atoms with Crippen LogP contribution < -0.4 is 10.4 Å². The van der Waals surface area contributed by atoms with Gasteiger partial charge < -0.3 is 14.1 Å². The van der Waals surface area contributed by atoms with Crippen LogP contribution >= 0.6 is 0 Å². The van der Waals surface area contributed by atoms with Crippen molar-refractivity contribution in [3.05, 3.63) is 60.7 Å². The van der Waals surface area contributed by atoms with E-state index in [0.29, 0.717) is 0 Å². The van der Waals surface area contributed by atoms with Crippen LogP contribution in [-0.4, -0.2) is 44.1 Å². The molecular weight excluding hydrogens is 402 g/mol. The van der Waals surface area contributed by atoms with Crippen molar-refractivity contribution in [2.24, 2.45) is 0 Å². The van der Waals surface area contributed by atoms with Crippen molar-refractivity contribution in [2.75, 3.05) is 13.1 Å². The van der Waals surface area contributed by atoms with Gasteiger partial charge in [-0.2, -0.15) is 0 Å². The lowest BCUT2D eigenvalue weighted by Gasteiger charge is -2.44. The molecule has 0 radical (unpaired) electrons. The predicted octanol–water partition coefficient (Wildman–Crippen LogP) is 4.96. The monoisotopic (exact) mass is 442 g/mol. The Bertz CT molecular complexity index is 923. The quantitative estimate of drug-likeness (QED) is 0.614. The minimum atomic E-state index is -2.89. The minimum absolute atomic E-state index is 0.0610. The van der Waals surface area contributed by atoms with Gasteiger partial charge in [-0.1, -0.05) is 81.4 Å². The molecule has 1 amide bonds. The van der Waals surface area contributed by atoms with Crippen molar-refractivity contribution in [3.63, 3.8) is 0 Å². The van der Waals surface area contributed by atoms with Crippen LogP contribution in [0.1, 0.15) is 58.4 Å². The van der Waals surface area contributed by atoms with Gasteiger partial charge in [-0.05, 0) is 49.0 Å². The van der Waals surface area contributed by atoms with E-state index >= 15 is 0 Å². The normalized spacial score (nSPS) is 26.1. The Kier molecular flexibility index (Phi) is 5.79. The Morgan fingerprint density at radius 1 is 1.00 bits per heavy atom. The molecule has 2 aromatic carbocycles. The first-order valence-electron chi connectivity index (χ1n) is 12.6. The molecule has 1 aliphatic heterocycles. The highest BCUT2D eigenvalue weighted by Gasteiger charge is 2.50. The fourth-order valence-electron chi connectivity index (χ4n) is 4.09. The molecule has 1 aliphatic rings. The van der Waals surface area contributed by atoms with Crippen LogP contribution in [-0.2, 0) is 9.16 Å². The lowest BCUT2D eigenvalue weighted by Crippen LogP contribution is -2.67. The Morgan fingerprint density at radius 2 is 1.52 bits per heavy atom. The summed E-state index contributed by atoms with van der Waals surface area (Å²) in [6.45, 7) is 10.7. The zero-order chi connectivity index (χ0) is 25.3. The van der Waals surface area contributed by atoms with Crippen molar-refractivity contribution in [2.45, 2.75) is 71.0 Å². The van der Waals surface area contributed by atoms with Gasteiger partial charge in [0, 0.05) is 10.6 Å². The molecule has 4 nitrogen and oxygen atoms in total. The maximum absolute atomic E-state index is 13.0. The van der Waals surface area contributed by atoms with Crippen LogP contribution in [0.2, 0.25) is 5.04 Å². The lowest BCUT2D eigenvalue weighted by molar-refractivity contribution is 0.0183. The highest BCUT2D eigenvalue weighted by atomic mass is 28.4. The van der Waals surface area contributed by atoms with Crippen LogP contribution in [0.5, 0.6) is 0 Å². The Labute approximate surface area is 192 Å². The van der Waals surface area contributed by atoms with E-state index in [0.717, 1.165) is 10.4 Å². The van der Waals surface area contributed by atoms with Gasteiger partial charge in [0.2, 0.25) is 0 Å². The maximum Gasteiger partial charge on any atom is 0.410 e. The molecule has 4 atom stereocenters. The van der Waals surface area contributed by atoms with E-state index in [1.807, 2.05) is 36.4 Å². The van der Waals surface area contributed by atoms with Crippen LogP contribution in [0.4, 0.5) is 4.79 Å². The van der Waals surface area contributed by atoms with E-state index in [1.165, 1.54) is 4.90 Å². The summed E-state index contributed by atoms with van der Waals surface area (Å²) in [7, 11) is -2.89. The number of carbonyl (C=O) groups excluding carboxylic acids is 1. The lowest BCUT2D eigenvalue weighted by atomic mass is 10.2. The summed E-state index contributed by atoms with van der Waals surface area (Å²) in [6, 6.07) is 19.6. The van der Waals surface area contributed by atoms with Gasteiger partial charge in [0.25, 0.3) is 8.32 Å². The first-order valence-corrected chi connectivity index (χ1v) is 12.7. The molecule has 0 spiro atoms. The number of benzene rings is 2. The predicted molar refractivity (Wildman–Crippen MR) is 130 cm³/mol. The molecule has 31 heavy (non-hydrogen) atoms. The fraction of sp³-hybridized carbons (Fsp3) is 0.500. The first kappa shape index (κ1) is 19.6. The average Bonchev–Trinajstić information content (AvgIpc) is 2.97. The summed E-state index contributed by atoms with van der Waals surface area (Å²) in [5.74, 6) is 0. The van der Waals surface area contributed by atoms with Crippen molar-refractivity contribution in [3.8, 4) is 0 Å². The van der Waals surface area contributed by atoms with Gasteiger partial charge in [-0.25, -0.2) is 4.79 Å². The Hall–Kier alpha value is -2.11. The van der Waals surface area contributed by atoms with Crippen molar-refractivity contribution in [1.82, 2.24) is 4.90 Å². The number of ether oxygens (including phenoxy) is 1. The molecule has 5 heteroatoms. The van der Waals surface area contributed by atoms with Crippen LogP contribution in [0.3, 0.4) is 0 Å². The molecule has 1 heterocycles. The molecule has 0 aliphatic carbocycles. The fourth-order valence-corrected chi connectivity index (χ4v) is 8.67. The molecule has 3 rings (SSSR count). The molecular formula is C26H37NO3Si. The number of hydrogen-bond donors (Lipinski definition) is 0. The number of amides is 1. The number of hydrogen-bond acceptors (Lipinski definition) is 3. The van der Waals surface area contributed by atoms with Gasteiger partial charge in [0.15, 0.2) is 0 Å². The maximum atomic E-state index is 13.0. The first-order chi connectivity index (χ1) is 15.8. The van der Waals surface area contributed by atoms with Gasteiger partial charge >= 0.3 is 6.09 Å². The molecule has 2 aromatic rings. The van der Waals surface area contributed by atoms with Gasteiger partial charge in [-0.3, -0.25) is 0 Å². The van der Waals surface area contributed by atoms with Crippen molar-refractivity contribution < 1.29 is 18.1 Å². The van der Waals surface area contributed by atoms with E-state index in [4.69, 9.17) is 13.3 Å². The summed E-state index contributed by atoms with van der Waals surface area (Å²) < 4.78 is 37.9. The topological polar surface area (TPSA) is 38.8 Å². The minimum Gasteiger partial charge on any atom is -0.444 e. The molecule has 0 N–H and O–H groups in total. The van der Waals surface area contributed by atoms with Crippen LogP contribution in [0.25, 0.3) is 0 Å². The van der Waals surface area contributed by atoms with Gasteiger partial charge in [-0.15, -0.1) is 0 Å². The van der Waals surface area contributed by atoms with Gasteiger partial charge in [0.05, 0.1) is 12.6 Å². The molecule has 0 aromatic heterocycles. The zero-order valence-corrected chi connectivity index (χ0v) is 20.5. The van der Waals surface area contributed by atoms with Crippen molar-refractivity contribution >= 4 is 24.8 Å². The van der Waals surface area contributed by atoms with Gasteiger partial charge in [0.1, 0.15) is 5.60 Å². The third-order valence-electron chi connectivity index (χ3n) is 5.43. The smallest absolute Gasteiger partial charge is 0.410 e. The second-order valence-corrected chi connectivity index (χ2v) is 14.3. The highest BCUT2D eigenvalue weighted by molar-refractivity contribution is 6.99. The van der Waals surface area contributed by atoms with E-state index in [1.54, 1.807) is 20.8 Å². The molecule has 0 saturated carbocycles. The molecule has 1 fully saturated rings. The van der Waals surface area contributed by atoms with E-state index < -0.39 is 45.4 Å². The van der Waals surface area contributed by atoms with Crippen LogP contribution in [0.15, 0.2) is 60.7 Å². The SMILES string of the molecule is [2H]C1C([2H])[C@@H](CO[Si](c2ccccc2)(c2ccccc2)C(C)(C)C)N(C(=O)OC(C)(C)C)C1[2H]. The molecule has 168 valence electrons. The van der Waals surface area contributed by atoms with E-state index in [9.17, 15) is 4.79 Å². The Morgan fingerprint density at radius 3 is 1.97 bits per heavy atom. The second kappa shape index (κ2) is 9.17. The molecule has 0 bridgehead atoms. The number of carbonyl (C=O) groups is 1. The summed E-state index contributed by atoms with van der Waals surface area (Å²) in [4.78, 5) is 14.2. The molecule has 1 saturated heterocycles. The standard InChI is InChI=1S/C26H37NO3Si/c1-25(2,3)30-24(28)27-19-13-14-21(27)20-29-31(26(4,5)6,22-15-9-7-10-16-22)23-17-11-8-12-18-23/h7-12,15-18,21H,13-14,19-20H2,1-6H3/t21-/m0/s1/i13D,14D,19D/t13?,14?,19?,21-. The number of nitrogens with zero attached hydrogens (tertiary/aromatic N) is 1. The summed E-state index contributed by atoms with van der Waals surface area (Å²) in [5, 5.41) is 1.94. The summed E-state index contributed by atoms with van der Waals surface area (Å²) >= 11 is 0. The zero-order valence-electron chi connectivity index (χ0n) is 22.5. The van der Waals surface area contributed by atoms with Crippen LogP contribution in [0, 0.1) is 0 Å².